The highest BCUT2D eigenvalue weighted by Crippen LogP contribution is 2.15. The topological polar surface area (TPSA) is 75.7 Å². The fraction of sp³-hybridized carbons (Fsp3) is 0.500. The zero-order valence-electron chi connectivity index (χ0n) is 14.2. The van der Waals surface area contributed by atoms with Crippen molar-refractivity contribution in [3.63, 3.8) is 0 Å². The number of amides is 2. The second-order valence-corrected chi connectivity index (χ2v) is 6.30. The minimum atomic E-state index is -0.616. The van der Waals surface area contributed by atoms with Gasteiger partial charge in [-0.05, 0) is 37.8 Å². The molecular weight excluding hydrogens is 308 g/mol. The van der Waals surface area contributed by atoms with E-state index in [2.05, 4.69) is 12.2 Å². The average Bonchev–Trinajstić information content (AvgIpc) is 2.57. The van der Waals surface area contributed by atoms with E-state index in [1.165, 1.54) is 0 Å². The van der Waals surface area contributed by atoms with Crippen molar-refractivity contribution >= 4 is 17.8 Å². The quantitative estimate of drug-likeness (QED) is 0.830. The highest BCUT2D eigenvalue weighted by atomic mass is 16.5. The zero-order valence-corrected chi connectivity index (χ0v) is 14.2. The number of benzene rings is 1. The number of nitrogens with one attached hydrogen (secondary N) is 1. The molecule has 0 aromatic heterocycles. The van der Waals surface area contributed by atoms with E-state index in [1.807, 2.05) is 13.0 Å². The van der Waals surface area contributed by atoms with Gasteiger partial charge in [0.05, 0.1) is 0 Å². The van der Waals surface area contributed by atoms with Crippen LogP contribution in [0.4, 0.5) is 0 Å². The number of hydrogen-bond donors (Lipinski definition) is 1. The van der Waals surface area contributed by atoms with Crippen molar-refractivity contribution in [1.29, 1.82) is 0 Å². The average molecular weight is 332 g/mol. The molecule has 0 saturated carbocycles. The molecule has 6 nitrogen and oxygen atoms in total. The summed E-state index contributed by atoms with van der Waals surface area (Å²) in [6.07, 6.45) is 2.10. The molecule has 130 valence electrons. The van der Waals surface area contributed by atoms with E-state index >= 15 is 0 Å². The van der Waals surface area contributed by atoms with Crippen LogP contribution >= 0.6 is 0 Å². The van der Waals surface area contributed by atoms with Gasteiger partial charge in [-0.15, -0.1) is 0 Å². The summed E-state index contributed by atoms with van der Waals surface area (Å²) in [5.74, 6) is -0.659. The Morgan fingerprint density at radius 3 is 2.83 bits per heavy atom. The Kier molecular flexibility index (Phi) is 6.35. The van der Waals surface area contributed by atoms with Gasteiger partial charge in [0.15, 0.2) is 6.61 Å². The Balaban J connectivity index is 1.71. The van der Waals surface area contributed by atoms with Crippen LogP contribution in [0.2, 0.25) is 0 Å². The second-order valence-electron chi connectivity index (χ2n) is 6.30. The van der Waals surface area contributed by atoms with Gasteiger partial charge in [0.1, 0.15) is 6.54 Å². The summed E-state index contributed by atoms with van der Waals surface area (Å²) in [5, 5.41) is 2.50. The summed E-state index contributed by atoms with van der Waals surface area (Å²) in [5.41, 5.74) is 1.45. The van der Waals surface area contributed by atoms with E-state index in [1.54, 1.807) is 23.1 Å². The van der Waals surface area contributed by atoms with Crippen molar-refractivity contribution in [2.24, 2.45) is 5.92 Å². The van der Waals surface area contributed by atoms with Gasteiger partial charge in [0, 0.05) is 18.7 Å². The molecule has 2 amide bonds. The molecule has 0 unspecified atom stereocenters. The van der Waals surface area contributed by atoms with Crippen LogP contribution in [0.1, 0.15) is 35.7 Å². The number of aryl methyl sites for hydroxylation is 1. The first-order valence-corrected chi connectivity index (χ1v) is 8.24. The number of carbonyl (C=O) groups excluding carboxylic acids is 3. The lowest BCUT2D eigenvalue weighted by Crippen LogP contribution is -2.42. The Bertz CT molecular complexity index is 615. The minimum Gasteiger partial charge on any atom is -0.454 e. The summed E-state index contributed by atoms with van der Waals surface area (Å²) < 4.78 is 4.96. The Hall–Kier alpha value is -2.37. The third kappa shape index (κ3) is 5.37. The smallest absolute Gasteiger partial charge is 0.325 e. The lowest BCUT2D eigenvalue weighted by atomic mass is 10.0. The van der Waals surface area contributed by atoms with Crippen molar-refractivity contribution in [2.45, 2.75) is 26.7 Å². The van der Waals surface area contributed by atoms with Gasteiger partial charge >= 0.3 is 5.97 Å². The third-order valence-electron chi connectivity index (χ3n) is 4.04. The maximum atomic E-state index is 12.0. The molecular formula is C18H24N2O4. The molecule has 0 bridgehead atoms. The fourth-order valence-electron chi connectivity index (χ4n) is 2.74. The lowest BCUT2D eigenvalue weighted by molar-refractivity contribution is -0.151. The van der Waals surface area contributed by atoms with Gasteiger partial charge in [-0.1, -0.05) is 24.6 Å². The summed E-state index contributed by atoms with van der Waals surface area (Å²) in [7, 11) is 0. The molecule has 1 fully saturated rings. The summed E-state index contributed by atoms with van der Waals surface area (Å²) in [6, 6.07) is 7.08. The maximum absolute atomic E-state index is 12.0. The van der Waals surface area contributed by atoms with Crippen LogP contribution < -0.4 is 5.32 Å². The maximum Gasteiger partial charge on any atom is 0.325 e. The Labute approximate surface area is 142 Å². The van der Waals surface area contributed by atoms with E-state index < -0.39 is 5.97 Å². The number of likely N-dealkylation sites (tertiary alicyclic amines) is 1. The molecule has 24 heavy (non-hydrogen) atoms. The third-order valence-corrected chi connectivity index (χ3v) is 4.04. The molecule has 0 aliphatic carbocycles. The molecule has 1 aromatic rings. The molecule has 2 rings (SSSR count). The molecule has 6 heteroatoms. The van der Waals surface area contributed by atoms with E-state index in [0.29, 0.717) is 24.6 Å². The van der Waals surface area contributed by atoms with E-state index in [-0.39, 0.29) is 25.0 Å². The number of piperidine rings is 1. The van der Waals surface area contributed by atoms with Crippen molar-refractivity contribution < 1.29 is 19.1 Å². The van der Waals surface area contributed by atoms with Crippen molar-refractivity contribution in [2.75, 3.05) is 26.2 Å². The number of nitrogens with zero attached hydrogens (tertiary/aromatic N) is 1. The summed E-state index contributed by atoms with van der Waals surface area (Å²) in [4.78, 5) is 37.4. The molecule has 1 heterocycles. The van der Waals surface area contributed by atoms with Crippen LogP contribution in [0.3, 0.4) is 0 Å². The zero-order chi connectivity index (χ0) is 17.5. The van der Waals surface area contributed by atoms with Gasteiger partial charge in [-0.2, -0.15) is 0 Å². The first kappa shape index (κ1) is 18.0. The van der Waals surface area contributed by atoms with Crippen LogP contribution in [0, 0.1) is 12.8 Å². The standard InChI is InChI=1S/C18H24N2O4/c1-13-5-3-7-15(9-13)18(23)19-10-17(22)24-12-16(21)20-8-4-6-14(2)11-20/h3,5,7,9,14H,4,6,8,10-12H2,1-2H3,(H,19,23)/t14-/m0/s1. The van der Waals surface area contributed by atoms with E-state index in [4.69, 9.17) is 4.74 Å². The number of hydrogen-bond acceptors (Lipinski definition) is 4. The number of carbonyl (C=O) groups is 3. The predicted molar refractivity (Wildman–Crippen MR) is 89.4 cm³/mol. The SMILES string of the molecule is Cc1cccc(C(=O)NCC(=O)OCC(=O)N2CCC[C@H](C)C2)c1. The van der Waals surface area contributed by atoms with Crippen molar-refractivity contribution in [3.8, 4) is 0 Å². The van der Waals surface area contributed by atoms with Gasteiger partial charge in [0.25, 0.3) is 11.8 Å². The first-order valence-electron chi connectivity index (χ1n) is 8.24. The molecule has 1 atom stereocenters. The highest BCUT2D eigenvalue weighted by molar-refractivity contribution is 5.96. The van der Waals surface area contributed by atoms with Gasteiger partial charge in [-0.25, -0.2) is 0 Å². The van der Waals surface area contributed by atoms with Gasteiger partial charge in [0.2, 0.25) is 0 Å². The summed E-state index contributed by atoms with van der Waals surface area (Å²) >= 11 is 0. The van der Waals surface area contributed by atoms with Gasteiger partial charge in [-0.3, -0.25) is 14.4 Å². The number of ether oxygens (including phenoxy) is 1. The monoisotopic (exact) mass is 332 g/mol. The molecule has 0 spiro atoms. The number of rotatable bonds is 5. The van der Waals surface area contributed by atoms with Crippen molar-refractivity contribution in [1.82, 2.24) is 10.2 Å². The highest BCUT2D eigenvalue weighted by Gasteiger charge is 2.21. The normalized spacial score (nSPS) is 17.2. The molecule has 1 aliphatic rings. The Morgan fingerprint density at radius 1 is 1.33 bits per heavy atom. The lowest BCUT2D eigenvalue weighted by Gasteiger charge is -2.30. The predicted octanol–water partition coefficient (Wildman–Crippen LogP) is 1.53. The largest absolute Gasteiger partial charge is 0.454 e. The molecule has 1 N–H and O–H groups in total. The van der Waals surface area contributed by atoms with Crippen LogP contribution in [-0.2, 0) is 14.3 Å². The van der Waals surface area contributed by atoms with Crippen LogP contribution in [-0.4, -0.2) is 48.9 Å². The van der Waals surface area contributed by atoms with E-state index in [9.17, 15) is 14.4 Å². The van der Waals surface area contributed by atoms with Crippen LogP contribution in [0.5, 0.6) is 0 Å². The van der Waals surface area contributed by atoms with Gasteiger partial charge < -0.3 is 15.0 Å². The first-order chi connectivity index (χ1) is 11.5. The van der Waals surface area contributed by atoms with Crippen LogP contribution in [0.25, 0.3) is 0 Å². The number of esters is 1. The summed E-state index contributed by atoms with van der Waals surface area (Å²) in [6.45, 7) is 4.89. The molecule has 1 aliphatic heterocycles. The van der Waals surface area contributed by atoms with E-state index in [0.717, 1.165) is 18.4 Å². The van der Waals surface area contributed by atoms with Crippen molar-refractivity contribution in [3.05, 3.63) is 35.4 Å². The fourth-order valence-corrected chi connectivity index (χ4v) is 2.74. The molecule has 0 radical (unpaired) electrons. The van der Waals surface area contributed by atoms with Crippen LogP contribution in [0.15, 0.2) is 24.3 Å². The second kappa shape index (κ2) is 8.47. The Morgan fingerprint density at radius 2 is 2.12 bits per heavy atom. The minimum absolute atomic E-state index is 0.181. The molecule has 1 saturated heterocycles. The molecule has 1 aromatic carbocycles.